The minimum absolute atomic E-state index is 0.0177. The molecule has 2 heterocycles. The van der Waals surface area contributed by atoms with Gasteiger partial charge in [-0.15, -0.1) is 0 Å². The Hall–Kier alpha value is -9.97. The van der Waals surface area contributed by atoms with Gasteiger partial charge in [0.15, 0.2) is 11.9 Å². The van der Waals surface area contributed by atoms with E-state index in [1.165, 1.54) is 44.9 Å². The van der Waals surface area contributed by atoms with E-state index < -0.39 is 179 Å². The number of aromatic amines is 1. The van der Waals surface area contributed by atoms with E-state index >= 15 is 0 Å². The van der Waals surface area contributed by atoms with E-state index in [2.05, 4.69) is 80.4 Å². The monoisotopic (exact) mass is 1600 g/mol. The molecule has 0 saturated carbocycles. The van der Waals surface area contributed by atoms with Crippen molar-refractivity contribution in [3.63, 3.8) is 0 Å². The van der Waals surface area contributed by atoms with E-state index in [4.69, 9.17) is 28.7 Å². The molecule has 1 fully saturated rings. The van der Waals surface area contributed by atoms with Gasteiger partial charge in [0, 0.05) is 68.7 Å². The second kappa shape index (κ2) is 53.1. The predicted octanol–water partition coefficient (Wildman–Crippen LogP) is -0.0452. The second-order valence-corrected chi connectivity index (χ2v) is 31.1. The molecule has 2 aromatic carbocycles. The van der Waals surface area contributed by atoms with E-state index in [9.17, 15) is 76.2 Å². The topological polar surface area (TPSA) is 582 Å². The number of sulfone groups is 1. The summed E-state index contributed by atoms with van der Waals surface area (Å²) < 4.78 is 25.8. The standard InChI is InChI=1S/C77H125N19O16S/c1-4-6-8-9-10-11-12-13-14-15-16-17-21-37-65(100)87-62(48-97)74(109)91-56(35-25-27-42-84-76(79)80)69(104)96-63(49-98)75(110)90-55(32-7-5-2)67(102)92-58-38-39-64(99)83-41-26-24-34-54(66(78)101)88-73(108)61(46-51-47-86-53-33-23-22-31-52(51)53)95-68(103)57(36-28-43-85-77(81)82)89-72(107)60(45-50-29-19-18-20-30-50)94-71(106)59(93-70(58)105)40-44-113(3,111)112/h18-20,22-23,29-31,33,47,54-63,86,97-98H,4-17,21,24-28,32,34-46,48-49H2,1-3H3,(H2,78,101)(H,83,99)(H,87,100)(H,88,108)(H,89,107)(H,90,110)(H,91,109)(H,92,102)(H,93,105)(H,94,106)(H,95,103)(H,96,104)(H4,79,80,84)(H4,81,82,85)/t54-,55-,56-,57-,58-,59-,60+,61-,62-,63-/m0/s1. The van der Waals surface area contributed by atoms with Gasteiger partial charge >= 0.3 is 0 Å². The number of amides is 12. The first-order valence-corrected chi connectivity index (χ1v) is 41.8. The van der Waals surface area contributed by atoms with Crippen LogP contribution in [0.5, 0.6) is 0 Å². The van der Waals surface area contributed by atoms with Crippen LogP contribution in [0.25, 0.3) is 10.9 Å². The summed E-state index contributed by atoms with van der Waals surface area (Å²) in [4.78, 5) is 182. The van der Waals surface area contributed by atoms with Crippen molar-refractivity contribution in [1.82, 2.24) is 63.5 Å². The number of aliphatic hydroxyl groups excluding tert-OH is 2. The molecule has 36 heteroatoms. The normalized spacial score (nSPS) is 18.9. The van der Waals surface area contributed by atoms with Gasteiger partial charge in [-0.2, -0.15) is 0 Å². The van der Waals surface area contributed by atoms with E-state index in [1.54, 1.807) is 61.7 Å². The molecule has 12 amide bonds. The summed E-state index contributed by atoms with van der Waals surface area (Å²) in [7, 11) is -3.92. The number of carbonyl (C=O) groups excluding carboxylic acids is 12. The molecular weight excluding hydrogens is 1480 g/mol. The first kappa shape index (κ1) is 95.4. The summed E-state index contributed by atoms with van der Waals surface area (Å²) in [6, 6.07) is -0.153. The van der Waals surface area contributed by atoms with Crippen LogP contribution in [-0.2, 0) is 80.2 Å². The molecule has 3 aromatic rings. The highest BCUT2D eigenvalue weighted by atomic mass is 32.2. The van der Waals surface area contributed by atoms with Crippen LogP contribution in [0.2, 0.25) is 0 Å². The number of aliphatic hydroxyl groups is 2. The molecule has 10 atom stereocenters. The third-order valence-corrected chi connectivity index (χ3v) is 20.3. The van der Waals surface area contributed by atoms with Crippen molar-refractivity contribution in [3.8, 4) is 0 Å². The number of hydrogen-bond donors (Lipinski definition) is 19. The second-order valence-electron chi connectivity index (χ2n) is 28.9. The van der Waals surface area contributed by atoms with Crippen LogP contribution >= 0.6 is 0 Å². The van der Waals surface area contributed by atoms with Gasteiger partial charge in [0.25, 0.3) is 0 Å². The maximum Gasteiger partial charge on any atom is 0.245 e. The van der Waals surface area contributed by atoms with Crippen molar-refractivity contribution < 1.29 is 76.2 Å². The smallest absolute Gasteiger partial charge is 0.245 e. The zero-order valence-electron chi connectivity index (χ0n) is 65.8. The van der Waals surface area contributed by atoms with Gasteiger partial charge in [0.2, 0.25) is 70.9 Å². The van der Waals surface area contributed by atoms with Gasteiger partial charge in [-0.25, -0.2) is 8.42 Å². The van der Waals surface area contributed by atoms with Crippen LogP contribution in [0.15, 0.2) is 70.8 Å². The number of rotatable bonds is 45. The number of para-hydroxylation sites is 1. The fourth-order valence-corrected chi connectivity index (χ4v) is 13.5. The molecule has 0 unspecified atom stereocenters. The maximum atomic E-state index is 15.0. The summed E-state index contributed by atoms with van der Waals surface area (Å²) in [5, 5.41) is 50.3. The van der Waals surface area contributed by atoms with Crippen molar-refractivity contribution in [1.29, 1.82) is 0 Å². The Morgan fingerprint density at radius 1 is 0.522 bits per heavy atom. The van der Waals surface area contributed by atoms with E-state index in [-0.39, 0.29) is 109 Å². The van der Waals surface area contributed by atoms with E-state index in [0.29, 0.717) is 41.3 Å². The van der Waals surface area contributed by atoms with Gasteiger partial charge in [-0.1, -0.05) is 152 Å². The minimum Gasteiger partial charge on any atom is -0.394 e. The largest absolute Gasteiger partial charge is 0.394 e. The molecular formula is C77H125N19O16S. The number of aliphatic imine (C=N–C) groups is 2. The first-order chi connectivity index (χ1) is 54.1. The lowest BCUT2D eigenvalue weighted by Crippen LogP contribution is -2.61. The Bertz CT molecular complexity index is 3690. The maximum absolute atomic E-state index is 15.0. The van der Waals surface area contributed by atoms with Gasteiger partial charge < -0.3 is 102 Å². The summed E-state index contributed by atoms with van der Waals surface area (Å²) in [6.45, 7) is 2.18. The highest BCUT2D eigenvalue weighted by Crippen LogP contribution is 2.21. The number of carbonyl (C=O) groups is 12. The Morgan fingerprint density at radius 3 is 1.61 bits per heavy atom. The Morgan fingerprint density at radius 2 is 1.02 bits per heavy atom. The van der Waals surface area contributed by atoms with Crippen molar-refractivity contribution in [2.75, 3.05) is 44.9 Å². The number of H-pyrrole nitrogens is 1. The van der Waals surface area contributed by atoms with Gasteiger partial charge in [-0.3, -0.25) is 67.5 Å². The molecule has 0 spiro atoms. The fraction of sp³-hybridized carbons (Fsp3) is 0.636. The Kier molecular flexibility index (Phi) is 44.8. The van der Waals surface area contributed by atoms with E-state index in [1.807, 2.05) is 6.07 Å². The van der Waals surface area contributed by atoms with Crippen LogP contribution in [0.1, 0.15) is 205 Å². The van der Waals surface area contributed by atoms with Crippen LogP contribution in [0.3, 0.4) is 0 Å². The quantitative estimate of drug-likeness (QED) is 0.0200. The van der Waals surface area contributed by atoms with Gasteiger partial charge in [0.05, 0.1) is 19.0 Å². The van der Waals surface area contributed by atoms with Crippen molar-refractivity contribution in [2.45, 2.75) is 267 Å². The number of fused-ring (bicyclic) bond motifs is 1. The number of nitrogens with two attached hydrogens (primary N) is 5. The molecule has 1 aromatic heterocycles. The third-order valence-electron chi connectivity index (χ3n) is 19.3. The lowest BCUT2D eigenvalue weighted by molar-refractivity contribution is -0.136. The molecule has 0 aliphatic carbocycles. The lowest BCUT2D eigenvalue weighted by atomic mass is 10.0. The molecule has 630 valence electrons. The molecule has 1 aliphatic heterocycles. The molecule has 35 nitrogen and oxygen atoms in total. The summed E-state index contributed by atoms with van der Waals surface area (Å²) in [5.74, 6) is -12.2. The first-order valence-electron chi connectivity index (χ1n) is 39.7. The van der Waals surface area contributed by atoms with Crippen LogP contribution in [0.4, 0.5) is 0 Å². The zero-order valence-corrected chi connectivity index (χ0v) is 66.6. The number of aromatic nitrogens is 1. The SMILES string of the molecule is CCCCCCCCCCCCCCCC(=O)N[C@@H](CO)C(=O)N[C@@H](CCCCN=C(N)N)C(=O)N[C@@H](CO)C(=O)N[C@@H](CCCC)C(=O)N[C@H]1CCC(=O)NCCCC[C@@H](C(N)=O)NC(=O)[C@H](Cc2c[nH]c3ccccc23)NC(=O)[C@H](CCCN=C(N)N)NC(=O)[C@@H](Cc2ccccc2)NC(=O)[C@H](CCS(C)(=O)=O)NC1=O. The van der Waals surface area contributed by atoms with Crippen molar-refractivity contribution >= 4 is 104 Å². The average Bonchev–Trinajstić information content (AvgIpc) is 1.42. The number of primary amides is 1. The summed E-state index contributed by atoms with van der Waals surface area (Å²) in [5.41, 5.74) is 29.9. The molecule has 4 rings (SSSR count). The van der Waals surface area contributed by atoms with Crippen molar-refractivity contribution in [2.24, 2.45) is 38.7 Å². The predicted molar refractivity (Wildman–Crippen MR) is 430 cm³/mol. The van der Waals surface area contributed by atoms with Crippen LogP contribution < -0.4 is 87.2 Å². The number of benzene rings is 2. The van der Waals surface area contributed by atoms with Gasteiger partial charge in [0.1, 0.15) is 70.3 Å². The molecule has 24 N–H and O–H groups in total. The zero-order chi connectivity index (χ0) is 83.1. The van der Waals surface area contributed by atoms with Crippen molar-refractivity contribution in [3.05, 3.63) is 71.9 Å². The highest BCUT2D eigenvalue weighted by Gasteiger charge is 2.37. The summed E-state index contributed by atoms with van der Waals surface area (Å²) >= 11 is 0. The fourth-order valence-electron chi connectivity index (χ4n) is 12.8. The third kappa shape index (κ3) is 38.4. The molecule has 1 saturated heterocycles. The number of nitrogens with one attached hydrogen (secondary N) is 12. The Balaban J connectivity index is 1.65. The highest BCUT2D eigenvalue weighted by molar-refractivity contribution is 7.90. The van der Waals surface area contributed by atoms with E-state index in [0.717, 1.165) is 38.4 Å². The van der Waals surface area contributed by atoms with Crippen LogP contribution in [0, 0.1) is 0 Å². The van der Waals surface area contributed by atoms with Gasteiger partial charge in [-0.05, 0) is 94.2 Å². The average molecular weight is 1610 g/mol. The Labute approximate surface area is 662 Å². The lowest BCUT2D eigenvalue weighted by Gasteiger charge is -2.28. The number of unbranched alkanes of at least 4 members (excludes halogenated alkanes) is 14. The molecule has 1 aliphatic rings. The number of guanidine groups is 2. The summed E-state index contributed by atoms with van der Waals surface area (Å²) in [6.07, 6.45) is 16.2. The minimum atomic E-state index is -3.92. The molecule has 0 radical (unpaired) electrons. The van der Waals surface area contributed by atoms with Crippen LogP contribution in [-0.4, -0.2) is 212 Å². The molecule has 0 bridgehead atoms. The molecule has 113 heavy (non-hydrogen) atoms. The number of hydrogen-bond acceptors (Lipinski definition) is 18. The number of nitrogens with zero attached hydrogens (tertiary/aromatic N) is 2.